The van der Waals surface area contributed by atoms with E-state index in [2.05, 4.69) is 36.4 Å². The van der Waals surface area contributed by atoms with Gasteiger partial charge in [0.25, 0.3) is 0 Å². The lowest BCUT2D eigenvalue weighted by Gasteiger charge is -2.47. The number of ether oxygens (including phenoxy) is 3. The second-order valence-electron chi connectivity index (χ2n) is 13.9. The minimum absolute atomic E-state index is 0.00128. The molecule has 8 unspecified atom stereocenters. The van der Waals surface area contributed by atoms with E-state index in [1.54, 1.807) is 0 Å². The molecule has 1 aliphatic carbocycles. The molecule has 6 rings (SSSR count). The number of nitrogens with one attached hydrogen (secondary N) is 5. The predicted molar refractivity (Wildman–Crippen MR) is 172 cm³/mol. The van der Waals surface area contributed by atoms with Crippen LogP contribution in [0.3, 0.4) is 0 Å². The molecule has 262 valence electrons. The van der Waals surface area contributed by atoms with Crippen LogP contribution in [0.1, 0.15) is 39.0 Å². The van der Waals surface area contributed by atoms with Gasteiger partial charge in [-0.05, 0) is 37.6 Å². The highest BCUT2D eigenvalue weighted by molar-refractivity contribution is 6.21. The van der Waals surface area contributed by atoms with Gasteiger partial charge in [0.05, 0.1) is 68.5 Å². The molecule has 0 spiro atoms. The van der Waals surface area contributed by atoms with E-state index < -0.39 is 12.1 Å². The number of carbonyl (C=O) groups is 2. The summed E-state index contributed by atoms with van der Waals surface area (Å²) >= 11 is 6.95. The van der Waals surface area contributed by atoms with Crippen LogP contribution in [0.2, 0.25) is 0 Å². The zero-order valence-corrected chi connectivity index (χ0v) is 28.0. The number of aliphatic hydroxyl groups is 1. The fourth-order valence-electron chi connectivity index (χ4n) is 7.88. The molecule has 6 aliphatic rings. The topological polar surface area (TPSA) is 152 Å². The highest BCUT2D eigenvalue weighted by Crippen LogP contribution is 2.40. The van der Waals surface area contributed by atoms with Gasteiger partial charge in [0.15, 0.2) is 0 Å². The van der Waals surface area contributed by atoms with Crippen molar-refractivity contribution < 1.29 is 28.9 Å². The summed E-state index contributed by atoms with van der Waals surface area (Å²) in [7, 11) is 0. The summed E-state index contributed by atoms with van der Waals surface area (Å²) in [5, 5.41) is 27.9. The first-order chi connectivity index (χ1) is 22.4. The van der Waals surface area contributed by atoms with Gasteiger partial charge in [0, 0.05) is 65.2 Å². The Hall–Kier alpha value is -1.17. The molecule has 0 aromatic rings. The van der Waals surface area contributed by atoms with Gasteiger partial charge in [0.1, 0.15) is 6.29 Å². The minimum atomic E-state index is -0.658. The molecule has 5 aliphatic heterocycles. The Bertz CT molecular complexity index is 1000. The molecule has 6 N–H and O–H groups in total. The van der Waals surface area contributed by atoms with Crippen LogP contribution in [-0.2, 0) is 23.8 Å². The summed E-state index contributed by atoms with van der Waals surface area (Å²) < 4.78 is 17.2. The molecular weight excluding hydrogens is 616 g/mol. The van der Waals surface area contributed by atoms with E-state index >= 15 is 0 Å². The molecule has 9 atom stereocenters. The number of alkyl halides is 1. The molecule has 6 fully saturated rings. The van der Waals surface area contributed by atoms with Crippen LogP contribution in [0.4, 0.5) is 0 Å². The number of piperidine rings is 1. The number of fused-ring (bicyclic) bond motifs is 1. The van der Waals surface area contributed by atoms with Gasteiger partial charge in [-0.25, -0.2) is 0 Å². The van der Waals surface area contributed by atoms with E-state index in [-0.39, 0.29) is 54.4 Å². The van der Waals surface area contributed by atoms with Gasteiger partial charge < -0.3 is 34.4 Å². The SMILES string of the molecule is CCC(=O)N1CCN(C2NC(NC3COC3)CC(C(=O)NC[C@H](O)CN3CCC4C(CCC(OCC5CNCO5)C4Cl)C3)N2)CC1. The lowest BCUT2D eigenvalue weighted by atomic mass is 9.73. The zero-order valence-electron chi connectivity index (χ0n) is 27.2. The average molecular weight is 671 g/mol. The summed E-state index contributed by atoms with van der Waals surface area (Å²) in [6.07, 6.45) is 3.35. The number of piperazine rings is 1. The maximum absolute atomic E-state index is 13.4. The van der Waals surface area contributed by atoms with Crippen molar-refractivity contribution in [3.05, 3.63) is 0 Å². The Morgan fingerprint density at radius 1 is 1.11 bits per heavy atom. The Balaban J connectivity index is 0.939. The van der Waals surface area contributed by atoms with Crippen LogP contribution in [0, 0.1) is 11.8 Å². The molecule has 14 nitrogen and oxygen atoms in total. The first-order valence-corrected chi connectivity index (χ1v) is 17.9. The van der Waals surface area contributed by atoms with Gasteiger partial charge in [-0.1, -0.05) is 6.92 Å². The number of β-amino-alcohol motifs (C(OH)–C–C–N with tert-alkyl or cyclic N) is 1. The maximum atomic E-state index is 13.4. The number of hydrogen-bond donors (Lipinski definition) is 6. The van der Waals surface area contributed by atoms with E-state index in [4.69, 9.17) is 25.8 Å². The Labute approximate surface area is 277 Å². The van der Waals surface area contributed by atoms with Crippen LogP contribution in [0.25, 0.3) is 0 Å². The molecule has 1 saturated carbocycles. The van der Waals surface area contributed by atoms with Crippen molar-refractivity contribution in [1.29, 1.82) is 0 Å². The van der Waals surface area contributed by atoms with E-state index in [9.17, 15) is 14.7 Å². The third kappa shape index (κ3) is 8.89. The number of rotatable bonds is 12. The van der Waals surface area contributed by atoms with Crippen LogP contribution in [-0.4, -0.2) is 165 Å². The molecule has 2 amide bonds. The van der Waals surface area contributed by atoms with Gasteiger partial charge in [-0.2, -0.15) is 0 Å². The number of amides is 2. The van der Waals surface area contributed by atoms with Crippen molar-refractivity contribution in [2.45, 2.75) is 87.3 Å². The number of nitrogens with zero attached hydrogens (tertiary/aromatic N) is 3. The maximum Gasteiger partial charge on any atom is 0.237 e. The van der Waals surface area contributed by atoms with Crippen LogP contribution >= 0.6 is 11.6 Å². The smallest absolute Gasteiger partial charge is 0.237 e. The molecule has 0 radical (unpaired) electrons. The first kappa shape index (κ1) is 34.7. The van der Waals surface area contributed by atoms with Crippen molar-refractivity contribution in [1.82, 2.24) is 41.3 Å². The lowest BCUT2D eigenvalue weighted by Crippen LogP contribution is -2.73. The van der Waals surface area contributed by atoms with E-state index in [0.29, 0.717) is 70.9 Å². The largest absolute Gasteiger partial charge is 0.390 e. The minimum Gasteiger partial charge on any atom is -0.390 e. The number of hydrogen-bond acceptors (Lipinski definition) is 12. The molecule has 0 aromatic carbocycles. The molecule has 46 heavy (non-hydrogen) atoms. The van der Waals surface area contributed by atoms with Gasteiger partial charge in [-0.15, -0.1) is 11.6 Å². The quantitative estimate of drug-likeness (QED) is 0.131. The summed E-state index contributed by atoms with van der Waals surface area (Å²) in [6, 6.07) is -0.150. The normalized spacial score (nSPS) is 37.0. The Kier molecular flexibility index (Phi) is 12.4. The highest BCUT2D eigenvalue weighted by Gasteiger charge is 2.42. The first-order valence-electron chi connectivity index (χ1n) is 17.5. The van der Waals surface area contributed by atoms with Crippen molar-refractivity contribution in [2.75, 3.05) is 85.5 Å². The monoisotopic (exact) mass is 670 g/mol. The third-order valence-corrected chi connectivity index (χ3v) is 11.3. The van der Waals surface area contributed by atoms with Crippen molar-refractivity contribution in [3.8, 4) is 0 Å². The molecule has 5 heterocycles. The average Bonchev–Trinajstić information content (AvgIpc) is 3.58. The van der Waals surface area contributed by atoms with Gasteiger partial charge in [0.2, 0.25) is 11.8 Å². The van der Waals surface area contributed by atoms with Crippen LogP contribution in [0.5, 0.6) is 0 Å². The van der Waals surface area contributed by atoms with Crippen molar-refractivity contribution >= 4 is 23.4 Å². The third-order valence-electron chi connectivity index (χ3n) is 10.6. The number of halogens is 1. The predicted octanol–water partition coefficient (Wildman–Crippen LogP) is -1.76. The van der Waals surface area contributed by atoms with Crippen LogP contribution < -0.4 is 26.6 Å². The highest BCUT2D eigenvalue weighted by atomic mass is 35.5. The summed E-state index contributed by atoms with van der Waals surface area (Å²) in [5.74, 6) is 0.976. The Morgan fingerprint density at radius 3 is 2.65 bits per heavy atom. The fourth-order valence-corrected chi connectivity index (χ4v) is 8.41. The lowest BCUT2D eigenvalue weighted by molar-refractivity contribution is -0.133. The number of aliphatic hydroxyl groups excluding tert-OH is 1. The molecule has 0 bridgehead atoms. The van der Waals surface area contributed by atoms with Crippen LogP contribution in [0.15, 0.2) is 0 Å². The number of likely N-dealkylation sites (tertiary alicyclic amines) is 1. The van der Waals surface area contributed by atoms with Crippen molar-refractivity contribution in [3.63, 3.8) is 0 Å². The fraction of sp³-hybridized carbons (Fsp3) is 0.935. The van der Waals surface area contributed by atoms with Gasteiger partial charge >= 0.3 is 0 Å². The zero-order chi connectivity index (χ0) is 32.0. The number of carbonyl (C=O) groups excluding carboxylic acids is 2. The van der Waals surface area contributed by atoms with E-state index in [0.717, 1.165) is 52.0 Å². The summed E-state index contributed by atoms with van der Waals surface area (Å²) in [4.78, 5) is 32.1. The second kappa shape index (κ2) is 16.5. The van der Waals surface area contributed by atoms with E-state index in [1.165, 1.54) is 0 Å². The molecular formula is C31H55ClN8O6. The molecule has 5 saturated heterocycles. The van der Waals surface area contributed by atoms with Gasteiger partial charge in [-0.3, -0.25) is 35.8 Å². The van der Waals surface area contributed by atoms with E-state index in [1.807, 2.05) is 11.8 Å². The standard InChI is InChI=1S/C31H55ClN8O6/c1-2-28(42)39-7-9-40(10-8-39)31-36-25(11-27(37-31)35-21-16-44-17-21)30(43)34-12-22(41)15-38-6-5-24-20(14-38)3-4-26(29(24)32)45-18-23-13-33-19-46-23/h20-27,29,31,33,35-37,41H,2-19H2,1H3,(H,34,43)/t20?,22-,23?,24?,25?,26?,27?,29?,31?/m0/s1. The molecule has 15 heteroatoms. The van der Waals surface area contributed by atoms with Crippen molar-refractivity contribution in [2.24, 2.45) is 11.8 Å². The Morgan fingerprint density at radius 2 is 1.93 bits per heavy atom. The molecule has 0 aromatic heterocycles. The summed E-state index contributed by atoms with van der Waals surface area (Å²) in [5.41, 5.74) is 0. The second-order valence-corrected chi connectivity index (χ2v) is 14.4. The summed E-state index contributed by atoms with van der Waals surface area (Å²) in [6.45, 7) is 10.6.